The summed E-state index contributed by atoms with van der Waals surface area (Å²) in [6.07, 6.45) is 1.09. The quantitative estimate of drug-likeness (QED) is 0.460. The number of hydrogen-bond donors (Lipinski definition) is 2. The predicted molar refractivity (Wildman–Crippen MR) is 129 cm³/mol. The van der Waals surface area contributed by atoms with Crippen molar-refractivity contribution in [3.05, 3.63) is 65.2 Å². The molecule has 0 atom stereocenters. The van der Waals surface area contributed by atoms with Gasteiger partial charge >= 0.3 is 11.9 Å². The molecule has 0 saturated carbocycles. The molecule has 2 aromatic carbocycles. The molecule has 2 aromatic rings. The Kier molecular flexibility index (Phi) is 10.9. The van der Waals surface area contributed by atoms with E-state index in [2.05, 4.69) is 79.1 Å². The molecule has 0 bridgehead atoms. The SMILES string of the molecule is Cc1ccc(C(C)C)c(OCCCN2CCN(Cc3ccccc3)CC2)c1.O=C(O)C(=O)O. The van der Waals surface area contributed by atoms with Gasteiger partial charge in [0.15, 0.2) is 0 Å². The molecule has 1 aliphatic heterocycles. The number of nitrogens with zero attached hydrogens (tertiary/aromatic N) is 2. The van der Waals surface area contributed by atoms with Crippen LogP contribution >= 0.6 is 0 Å². The van der Waals surface area contributed by atoms with Gasteiger partial charge in [-0.05, 0) is 42.0 Å². The van der Waals surface area contributed by atoms with Crippen LogP contribution in [-0.2, 0) is 16.1 Å². The van der Waals surface area contributed by atoms with Gasteiger partial charge in [-0.1, -0.05) is 56.3 Å². The monoisotopic (exact) mass is 456 g/mol. The van der Waals surface area contributed by atoms with Crippen molar-refractivity contribution in [1.82, 2.24) is 9.80 Å². The average molecular weight is 457 g/mol. The second-order valence-corrected chi connectivity index (χ2v) is 8.61. The molecule has 7 nitrogen and oxygen atoms in total. The van der Waals surface area contributed by atoms with Crippen molar-refractivity contribution in [2.75, 3.05) is 39.3 Å². The summed E-state index contributed by atoms with van der Waals surface area (Å²) >= 11 is 0. The first-order valence-corrected chi connectivity index (χ1v) is 11.4. The largest absolute Gasteiger partial charge is 0.493 e. The molecule has 0 unspecified atom stereocenters. The number of piperazine rings is 1. The Morgan fingerprint density at radius 1 is 0.939 bits per heavy atom. The van der Waals surface area contributed by atoms with Crippen molar-refractivity contribution in [3.63, 3.8) is 0 Å². The van der Waals surface area contributed by atoms with E-state index in [9.17, 15) is 0 Å². The maximum absolute atomic E-state index is 9.10. The Balaban J connectivity index is 0.000000569. The molecule has 33 heavy (non-hydrogen) atoms. The number of carboxylic acids is 2. The van der Waals surface area contributed by atoms with E-state index >= 15 is 0 Å². The standard InChI is InChI=1S/C24H34N2O.C2H2O4/c1-20(2)23-11-10-21(3)18-24(23)27-17-7-12-25-13-15-26(16-14-25)19-22-8-5-4-6-9-22;3-1(4)2(5)6/h4-6,8-11,18,20H,7,12-17,19H2,1-3H3;(H,3,4)(H,5,6). The number of carbonyl (C=O) groups is 2. The lowest BCUT2D eigenvalue weighted by Crippen LogP contribution is -2.46. The highest BCUT2D eigenvalue weighted by Gasteiger charge is 2.16. The molecular formula is C26H36N2O5. The molecule has 2 N–H and O–H groups in total. The highest BCUT2D eigenvalue weighted by molar-refractivity contribution is 6.27. The third kappa shape index (κ3) is 9.63. The number of aliphatic carboxylic acids is 2. The molecule has 1 fully saturated rings. The van der Waals surface area contributed by atoms with Gasteiger partial charge in [0.05, 0.1) is 6.61 Å². The predicted octanol–water partition coefficient (Wildman–Crippen LogP) is 3.86. The fourth-order valence-corrected chi connectivity index (χ4v) is 3.73. The van der Waals surface area contributed by atoms with Gasteiger partial charge in [-0.15, -0.1) is 0 Å². The molecule has 1 heterocycles. The molecular weight excluding hydrogens is 420 g/mol. The number of rotatable bonds is 8. The third-order valence-corrected chi connectivity index (χ3v) is 5.56. The molecule has 1 saturated heterocycles. The zero-order chi connectivity index (χ0) is 24.2. The van der Waals surface area contributed by atoms with E-state index in [1.807, 2.05) is 0 Å². The lowest BCUT2D eigenvalue weighted by Gasteiger charge is -2.34. The van der Waals surface area contributed by atoms with Gasteiger partial charge in [-0.2, -0.15) is 0 Å². The summed E-state index contributed by atoms with van der Waals surface area (Å²) < 4.78 is 6.13. The summed E-state index contributed by atoms with van der Waals surface area (Å²) in [5, 5.41) is 14.8. The van der Waals surface area contributed by atoms with Gasteiger partial charge < -0.3 is 19.8 Å². The van der Waals surface area contributed by atoms with E-state index in [-0.39, 0.29) is 0 Å². The average Bonchev–Trinajstić information content (AvgIpc) is 2.79. The molecule has 7 heteroatoms. The summed E-state index contributed by atoms with van der Waals surface area (Å²) in [6, 6.07) is 17.4. The molecule has 0 aromatic heterocycles. The van der Waals surface area contributed by atoms with Crippen LogP contribution in [0.3, 0.4) is 0 Å². The zero-order valence-corrected chi connectivity index (χ0v) is 19.9. The van der Waals surface area contributed by atoms with Gasteiger partial charge in [0.2, 0.25) is 0 Å². The van der Waals surface area contributed by atoms with Crippen LogP contribution in [0.2, 0.25) is 0 Å². The van der Waals surface area contributed by atoms with Gasteiger partial charge in [0, 0.05) is 39.3 Å². The smallest absolute Gasteiger partial charge is 0.414 e. The number of benzene rings is 2. The first-order valence-electron chi connectivity index (χ1n) is 11.4. The van der Waals surface area contributed by atoms with Crippen LogP contribution < -0.4 is 4.74 Å². The lowest BCUT2D eigenvalue weighted by molar-refractivity contribution is -0.159. The van der Waals surface area contributed by atoms with E-state index in [4.69, 9.17) is 24.5 Å². The van der Waals surface area contributed by atoms with Gasteiger partial charge in [0.25, 0.3) is 0 Å². The summed E-state index contributed by atoms with van der Waals surface area (Å²) in [7, 11) is 0. The molecule has 180 valence electrons. The summed E-state index contributed by atoms with van der Waals surface area (Å²) in [4.78, 5) is 23.3. The maximum atomic E-state index is 9.10. The Morgan fingerprint density at radius 2 is 1.55 bits per heavy atom. The van der Waals surface area contributed by atoms with Crippen LogP contribution in [0.4, 0.5) is 0 Å². The van der Waals surface area contributed by atoms with E-state index in [1.165, 1.54) is 16.7 Å². The number of aryl methyl sites for hydroxylation is 1. The lowest BCUT2D eigenvalue weighted by atomic mass is 10.0. The Hall–Kier alpha value is -2.90. The first-order chi connectivity index (χ1) is 15.8. The van der Waals surface area contributed by atoms with Crippen LogP contribution in [0.25, 0.3) is 0 Å². The summed E-state index contributed by atoms with van der Waals surface area (Å²) in [5.74, 6) is -2.08. The van der Waals surface area contributed by atoms with Crippen molar-refractivity contribution in [1.29, 1.82) is 0 Å². The minimum atomic E-state index is -1.82. The van der Waals surface area contributed by atoms with Crippen molar-refractivity contribution in [3.8, 4) is 5.75 Å². The second-order valence-electron chi connectivity index (χ2n) is 8.61. The number of hydrogen-bond acceptors (Lipinski definition) is 5. The van der Waals surface area contributed by atoms with Crippen LogP contribution in [0.5, 0.6) is 5.75 Å². The van der Waals surface area contributed by atoms with Crippen LogP contribution in [0.1, 0.15) is 42.9 Å². The van der Waals surface area contributed by atoms with E-state index in [0.717, 1.165) is 58.0 Å². The van der Waals surface area contributed by atoms with Crippen LogP contribution in [0, 0.1) is 6.92 Å². The Morgan fingerprint density at radius 3 is 2.12 bits per heavy atom. The molecule has 0 radical (unpaired) electrons. The van der Waals surface area contributed by atoms with E-state index < -0.39 is 11.9 Å². The molecule has 1 aliphatic rings. The topological polar surface area (TPSA) is 90.3 Å². The van der Waals surface area contributed by atoms with Gasteiger partial charge in [-0.3, -0.25) is 4.90 Å². The number of ether oxygens (including phenoxy) is 1. The van der Waals surface area contributed by atoms with Crippen molar-refractivity contribution in [2.45, 2.75) is 39.7 Å². The van der Waals surface area contributed by atoms with Crippen molar-refractivity contribution >= 4 is 11.9 Å². The van der Waals surface area contributed by atoms with Crippen LogP contribution in [-0.4, -0.2) is 71.3 Å². The Labute approximate surface area is 196 Å². The van der Waals surface area contributed by atoms with Crippen LogP contribution in [0.15, 0.2) is 48.5 Å². The zero-order valence-electron chi connectivity index (χ0n) is 19.9. The highest BCUT2D eigenvalue weighted by atomic mass is 16.5. The molecule has 3 rings (SSSR count). The van der Waals surface area contributed by atoms with E-state index in [1.54, 1.807) is 0 Å². The molecule has 0 spiro atoms. The summed E-state index contributed by atoms with van der Waals surface area (Å²) in [5.41, 5.74) is 4.00. The fourth-order valence-electron chi connectivity index (χ4n) is 3.73. The normalized spacial score (nSPS) is 14.4. The van der Waals surface area contributed by atoms with Crippen molar-refractivity contribution in [2.24, 2.45) is 0 Å². The summed E-state index contributed by atoms with van der Waals surface area (Å²) in [6.45, 7) is 14.2. The van der Waals surface area contributed by atoms with Gasteiger partial charge in [0.1, 0.15) is 5.75 Å². The number of carboxylic acid groups (broad SMARTS) is 2. The molecule has 0 aliphatic carbocycles. The van der Waals surface area contributed by atoms with Gasteiger partial charge in [-0.25, -0.2) is 9.59 Å². The highest BCUT2D eigenvalue weighted by Crippen LogP contribution is 2.27. The van der Waals surface area contributed by atoms with E-state index in [0.29, 0.717) is 5.92 Å². The first kappa shape index (κ1) is 26.4. The fraction of sp³-hybridized carbons (Fsp3) is 0.462. The molecule has 0 amide bonds. The Bertz CT molecular complexity index is 866. The second kappa shape index (κ2) is 13.6. The van der Waals surface area contributed by atoms with Crippen molar-refractivity contribution < 1.29 is 24.5 Å². The minimum Gasteiger partial charge on any atom is -0.493 e. The third-order valence-electron chi connectivity index (χ3n) is 5.56. The maximum Gasteiger partial charge on any atom is 0.414 e. The minimum absolute atomic E-state index is 0.498.